The van der Waals surface area contributed by atoms with Crippen LogP contribution < -0.4 is 0 Å². The first-order valence-electron chi connectivity index (χ1n) is 7.47. The van der Waals surface area contributed by atoms with Gasteiger partial charge in [-0.15, -0.1) is 10.2 Å². The minimum atomic E-state index is -4.02. The van der Waals surface area contributed by atoms with E-state index < -0.39 is 7.60 Å². The molecule has 0 fully saturated rings. The Morgan fingerprint density at radius 3 is 2.13 bits per heavy atom. The lowest BCUT2D eigenvalue weighted by Gasteiger charge is -2.02. The van der Waals surface area contributed by atoms with Gasteiger partial charge in [0.1, 0.15) is 11.4 Å². The predicted molar refractivity (Wildman–Crippen MR) is 85.1 cm³/mol. The average molecular weight is 340 g/mol. The van der Waals surface area contributed by atoms with Gasteiger partial charge in [0.15, 0.2) is 0 Å². The van der Waals surface area contributed by atoms with Crippen molar-refractivity contribution in [2.45, 2.75) is 39.3 Å². The summed E-state index contributed by atoms with van der Waals surface area (Å²) >= 11 is 0. The molecule has 0 aliphatic heterocycles. The van der Waals surface area contributed by atoms with E-state index in [0.717, 1.165) is 13.0 Å². The van der Waals surface area contributed by atoms with Crippen LogP contribution in [0.25, 0.3) is 0 Å². The first-order chi connectivity index (χ1) is 11.0. The molecule has 2 N–H and O–H groups in total. The first kappa shape index (κ1) is 17.5. The van der Waals surface area contributed by atoms with Gasteiger partial charge in [-0.05, 0) is 6.42 Å². The monoisotopic (exact) mass is 340 g/mol. The van der Waals surface area contributed by atoms with E-state index in [0.29, 0.717) is 11.4 Å². The highest BCUT2D eigenvalue weighted by Crippen LogP contribution is 2.34. The van der Waals surface area contributed by atoms with Gasteiger partial charge in [-0.2, -0.15) is 10.2 Å². The standard InChI is InChI=1S/C13H21N6O3P/c1-2-3-4-5-18-10-12(8-14-18)16-17-13-9-15-19(11-13)6-7-23(20,21)22/h8-11H,2-7H2,1H3,(H2,20,21,22). The smallest absolute Gasteiger partial charge is 0.324 e. The molecule has 0 spiro atoms. The Labute approximate surface area is 134 Å². The minimum absolute atomic E-state index is 0.134. The number of nitrogens with zero attached hydrogens (tertiary/aromatic N) is 6. The molecule has 2 aromatic heterocycles. The molecule has 2 aromatic rings. The van der Waals surface area contributed by atoms with E-state index in [4.69, 9.17) is 9.79 Å². The predicted octanol–water partition coefficient (Wildman–Crippen LogP) is 2.86. The van der Waals surface area contributed by atoms with E-state index in [-0.39, 0.29) is 12.7 Å². The fraction of sp³-hybridized carbons (Fsp3) is 0.538. The molecule has 0 atom stereocenters. The van der Waals surface area contributed by atoms with Gasteiger partial charge in [0.2, 0.25) is 0 Å². The molecule has 10 heteroatoms. The number of hydrogen-bond donors (Lipinski definition) is 2. The molecule has 2 rings (SSSR count). The number of unbranched alkanes of at least 4 members (excludes halogenated alkanes) is 2. The molecule has 0 unspecified atom stereocenters. The molecule has 0 aliphatic rings. The third-order valence-electron chi connectivity index (χ3n) is 3.13. The summed E-state index contributed by atoms with van der Waals surface area (Å²) in [5.41, 5.74) is 1.18. The van der Waals surface area contributed by atoms with E-state index in [9.17, 15) is 4.57 Å². The highest BCUT2D eigenvalue weighted by molar-refractivity contribution is 7.51. The van der Waals surface area contributed by atoms with Crippen LogP contribution in [-0.4, -0.2) is 35.5 Å². The van der Waals surface area contributed by atoms with Crippen molar-refractivity contribution in [3.8, 4) is 0 Å². The van der Waals surface area contributed by atoms with Crippen LogP contribution in [0.4, 0.5) is 11.4 Å². The summed E-state index contributed by atoms with van der Waals surface area (Å²) in [7, 11) is -4.02. The summed E-state index contributed by atoms with van der Waals surface area (Å²) in [6.45, 7) is 3.15. The molecule has 0 aliphatic carbocycles. The Morgan fingerprint density at radius 2 is 1.61 bits per heavy atom. The molecule has 0 bridgehead atoms. The number of hydrogen-bond acceptors (Lipinski definition) is 5. The van der Waals surface area contributed by atoms with Gasteiger partial charge in [0, 0.05) is 6.54 Å². The summed E-state index contributed by atoms with van der Waals surface area (Å²) in [4.78, 5) is 17.7. The number of rotatable bonds is 9. The molecular formula is C13H21N6O3P. The summed E-state index contributed by atoms with van der Waals surface area (Å²) < 4.78 is 14.1. The van der Waals surface area contributed by atoms with Gasteiger partial charge < -0.3 is 9.79 Å². The Bertz CT molecular complexity index is 689. The number of aryl methyl sites for hydroxylation is 2. The van der Waals surface area contributed by atoms with Crippen molar-refractivity contribution in [3.05, 3.63) is 24.8 Å². The molecule has 126 valence electrons. The maximum atomic E-state index is 10.8. The van der Waals surface area contributed by atoms with Crippen molar-refractivity contribution in [1.29, 1.82) is 0 Å². The Morgan fingerprint density at radius 1 is 1.04 bits per heavy atom. The van der Waals surface area contributed by atoms with Crippen molar-refractivity contribution in [3.63, 3.8) is 0 Å². The van der Waals surface area contributed by atoms with E-state index >= 15 is 0 Å². The second-order valence-electron chi connectivity index (χ2n) is 5.22. The second kappa shape index (κ2) is 8.14. The third kappa shape index (κ3) is 6.43. The highest BCUT2D eigenvalue weighted by atomic mass is 31.2. The van der Waals surface area contributed by atoms with Crippen LogP contribution in [0.1, 0.15) is 26.2 Å². The highest BCUT2D eigenvalue weighted by Gasteiger charge is 2.12. The third-order valence-corrected chi connectivity index (χ3v) is 3.91. The van der Waals surface area contributed by atoms with Gasteiger partial charge in [-0.1, -0.05) is 19.8 Å². The van der Waals surface area contributed by atoms with Crippen LogP contribution in [0.15, 0.2) is 35.0 Å². The zero-order valence-electron chi connectivity index (χ0n) is 13.0. The van der Waals surface area contributed by atoms with Crippen LogP contribution in [0.2, 0.25) is 0 Å². The van der Waals surface area contributed by atoms with E-state index in [2.05, 4.69) is 27.3 Å². The zero-order valence-corrected chi connectivity index (χ0v) is 13.9. The van der Waals surface area contributed by atoms with Gasteiger partial charge >= 0.3 is 7.60 Å². The lowest BCUT2D eigenvalue weighted by atomic mass is 10.2. The van der Waals surface area contributed by atoms with E-state index in [1.54, 1.807) is 12.4 Å². The van der Waals surface area contributed by atoms with Crippen LogP contribution in [0.5, 0.6) is 0 Å². The van der Waals surface area contributed by atoms with E-state index in [1.165, 1.54) is 23.7 Å². The molecule has 0 radical (unpaired) electrons. The quantitative estimate of drug-likeness (QED) is 0.413. The maximum Gasteiger partial charge on any atom is 0.327 e. The number of azo groups is 1. The normalized spacial score (nSPS) is 12.3. The lowest BCUT2D eigenvalue weighted by molar-refractivity contribution is 0.368. The van der Waals surface area contributed by atoms with Crippen LogP contribution in [0, 0.1) is 0 Å². The summed E-state index contributed by atoms with van der Waals surface area (Å²) in [5, 5.41) is 16.3. The van der Waals surface area contributed by atoms with E-state index in [1.807, 2.05) is 10.9 Å². The summed E-state index contributed by atoms with van der Waals surface area (Å²) in [6.07, 6.45) is 9.73. The van der Waals surface area contributed by atoms with Crippen molar-refractivity contribution in [2.24, 2.45) is 10.2 Å². The van der Waals surface area contributed by atoms with Crippen LogP contribution in [0.3, 0.4) is 0 Å². The first-order valence-corrected chi connectivity index (χ1v) is 9.27. The maximum absolute atomic E-state index is 10.8. The van der Waals surface area contributed by atoms with Crippen molar-refractivity contribution >= 4 is 19.0 Å². The molecule has 2 heterocycles. The fourth-order valence-corrected chi connectivity index (χ4v) is 2.39. The zero-order chi connectivity index (χ0) is 16.7. The molecule has 0 saturated carbocycles. The Hall–Kier alpha value is -1.83. The molecule has 9 nitrogen and oxygen atoms in total. The molecule has 0 saturated heterocycles. The van der Waals surface area contributed by atoms with Crippen LogP contribution in [-0.2, 0) is 17.7 Å². The van der Waals surface area contributed by atoms with Gasteiger partial charge in [-0.3, -0.25) is 13.9 Å². The average Bonchev–Trinajstić information content (AvgIpc) is 3.11. The lowest BCUT2D eigenvalue weighted by Crippen LogP contribution is -2.03. The van der Waals surface area contributed by atoms with Crippen LogP contribution >= 0.6 is 7.60 Å². The van der Waals surface area contributed by atoms with Crippen molar-refractivity contribution in [2.75, 3.05) is 6.16 Å². The minimum Gasteiger partial charge on any atom is -0.324 e. The second-order valence-corrected chi connectivity index (χ2v) is 7.00. The molecular weight excluding hydrogens is 319 g/mol. The largest absolute Gasteiger partial charge is 0.327 e. The Kier molecular flexibility index (Phi) is 6.20. The molecule has 0 aromatic carbocycles. The summed E-state index contributed by atoms with van der Waals surface area (Å²) in [5.74, 6) is 0. The topological polar surface area (TPSA) is 118 Å². The SMILES string of the molecule is CCCCCn1cc(N=Nc2cnn(CCP(=O)(O)O)c2)cn1. The molecule has 23 heavy (non-hydrogen) atoms. The van der Waals surface area contributed by atoms with Gasteiger partial charge in [-0.25, -0.2) is 0 Å². The Balaban J connectivity index is 1.88. The van der Waals surface area contributed by atoms with Crippen molar-refractivity contribution in [1.82, 2.24) is 19.6 Å². The summed E-state index contributed by atoms with van der Waals surface area (Å²) in [6, 6.07) is 0. The van der Waals surface area contributed by atoms with Gasteiger partial charge in [0.05, 0.1) is 37.5 Å². The van der Waals surface area contributed by atoms with Crippen molar-refractivity contribution < 1.29 is 14.4 Å². The number of aromatic nitrogens is 4. The molecule has 0 amide bonds. The van der Waals surface area contributed by atoms with Gasteiger partial charge in [0.25, 0.3) is 0 Å². The fourth-order valence-electron chi connectivity index (χ4n) is 1.93.